The van der Waals surface area contributed by atoms with Gasteiger partial charge in [0.25, 0.3) is 0 Å². The SMILES string of the molecule is CC(C)(C)c1cc(-c2nc3cc4nc(-c5ccc(C(N)=O)cc5)oc4cc3o2)cc(C(C)(C)C)c1. The minimum Gasteiger partial charge on any atom is -0.436 e. The Morgan fingerprint density at radius 3 is 1.63 bits per heavy atom. The third kappa shape index (κ3) is 4.32. The Kier molecular flexibility index (Phi) is 5.09. The molecular weight excluding hydrogens is 438 g/mol. The van der Waals surface area contributed by atoms with E-state index < -0.39 is 5.91 Å². The topological polar surface area (TPSA) is 95.2 Å². The Labute approximate surface area is 204 Å². The molecule has 5 aromatic rings. The van der Waals surface area contributed by atoms with Crippen LogP contribution in [-0.4, -0.2) is 15.9 Å². The largest absolute Gasteiger partial charge is 0.436 e. The summed E-state index contributed by atoms with van der Waals surface area (Å²) in [6.07, 6.45) is 0. The molecule has 0 aliphatic carbocycles. The first-order chi connectivity index (χ1) is 16.4. The van der Waals surface area contributed by atoms with Crippen LogP contribution in [0.25, 0.3) is 45.1 Å². The van der Waals surface area contributed by atoms with Gasteiger partial charge in [0.05, 0.1) is 0 Å². The molecule has 2 N–H and O–H groups in total. The van der Waals surface area contributed by atoms with Gasteiger partial charge in [0.2, 0.25) is 17.7 Å². The number of hydrogen-bond donors (Lipinski definition) is 1. The van der Waals surface area contributed by atoms with Crippen LogP contribution in [0.3, 0.4) is 0 Å². The van der Waals surface area contributed by atoms with Crippen molar-refractivity contribution in [3.8, 4) is 22.9 Å². The van der Waals surface area contributed by atoms with Crippen molar-refractivity contribution >= 4 is 28.1 Å². The fourth-order valence-electron chi connectivity index (χ4n) is 3.99. The normalized spacial score (nSPS) is 12.5. The number of fused-ring (bicyclic) bond motifs is 2. The number of aromatic nitrogens is 2. The van der Waals surface area contributed by atoms with Crippen molar-refractivity contribution in [1.29, 1.82) is 0 Å². The maximum atomic E-state index is 11.3. The molecule has 0 radical (unpaired) electrons. The zero-order valence-corrected chi connectivity index (χ0v) is 20.9. The molecule has 0 bridgehead atoms. The summed E-state index contributed by atoms with van der Waals surface area (Å²) in [6.45, 7) is 13.3. The zero-order chi connectivity index (χ0) is 25.1. The van der Waals surface area contributed by atoms with Crippen LogP contribution in [0.4, 0.5) is 0 Å². The van der Waals surface area contributed by atoms with Crippen molar-refractivity contribution < 1.29 is 13.6 Å². The molecule has 35 heavy (non-hydrogen) atoms. The first-order valence-corrected chi connectivity index (χ1v) is 11.7. The van der Waals surface area contributed by atoms with E-state index in [2.05, 4.69) is 64.7 Å². The Bertz CT molecular complexity index is 1490. The first kappa shape index (κ1) is 22.8. The Balaban J connectivity index is 1.57. The van der Waals surface area contributed by atoms with Crippen LogP contribution in [0.15, 0.2) is 63.4 Å². The summed E-state index contributed by atoms with van der Waals surface area (Å²) in [5.41, 5.74) is 12.6. The number of amides is 1. The van der Waals surface area contributed by atoms with Gasteiger partial charge in [-0.2, -0.15) is 0 Å². The van der Waals surface area contributed by atoms with Gasteiger partial charge in [-0.15, -0.1) is 0 Å². The van der Waals surface area contributed by atoms with E-state index in [1.54, 1.807) is 24.3 Å². The van der Waals surface area contributed by atoms with Crippen LogP contribution in [0, 0.1) is 0 Å². The summed E-state index contributed by atoms with van der Waals surface area (Å²) in [5, 5.41) is 0. The molecule has 178 valence electrons. The highest BCUT2D eigenvalue weighted by Crippen LogP contribution is 2.36. The minimum absolute atomic E-state index is 0.00218. The van der Waals surface area contributed by atoms with Crippen LogP contribution in [0.5, 0.6) is 0 Å². The number of oxazole rings is 2. The summed E-state index contributed by atoms with van der Waals surface area (Å²) in [7, 11) is 0. The number of primary amides is 1. The number of hydrogen-bond acceptors (Lipinski definition) is 5. The molecule has 0 atom stereocenters. The van der Waals surface area contributed by atoms with Gasteiger partial charge in [-0.05, 0) is 64.4 Å². The monoisotopic (exact) mass is 467 g/mol. The van der Waals surface area contributed by atoms with Gasteiger partial charge in [-0.1, -0.05) is 47.6 Å². The minimum atomic E-state index is -0.473. The van der Waals surface area contributed by atoms with Crippen LogP contribution in [-0.2, 0) is 10.8 Å². The van der Waals surface area contributed by atoms with E-state index in [4.69, 9.17) is 19.6 Å². The van der Waals surface area contributed by atoms with Gasteiger partial charge in [-0.25, -0.2) is 9.97 Å². The molecule has 6 nitrogen and oxygen atoms in total. The van der Waals surface area contributed by atoms with Gasteiger partial charge in [0.1, 0.15) is 11.0 Å². The van der Waals surface area contributed by atoms with E-state index in [-0.39, 0.29) is 10.8 Å². The van der Waals surface area contributed by atoms with Gasteiger partial charge >= 0.3 is 0 Å². The molecule has 0 saturated carbocycles. The highest BCUT2D eigenvalue weighted by atomic mass is 16.4. The summed E-state index contributed by atoms with van der Waals surface area (Å²) < 4.78 is 12.2. The van der Waals surface area contributed by atoms with E-state index in [0.29, 0.717) is 34.0 Å². The second kappa shape index (κ2) is 7.80. The van der Waals surface area contributed by atoms with Gasteiger partial charge in [0.15, 0.2) is 11.2 Å². The molecule has 0 aliphatic rings. The number of carbonyl (C=O) groups is 1. The van der Waals surface area contributed by atoms with E-state index in [0.717, 1.165) is 16.6 Å². The summed E-state index contributed by atoms with van der Waals surface area (Å²) >= 11 is 0. The standard InChI is InChI=1S/C29H29N3O3/c1-28(2,3)19-11-18(12-20(13-19)29(4,5)6)27-32-22-14-21-23(15-24(22)35-27)34-26(31-21)17-9-7-16(8-10-17)25(30)33/h7-15H,1-6H3,(H2,30,33). The molecule has 2 heterocycles. The molecule has 2 aromatic heterocycles. The van der Waals surface area contributed by atoms with Crippen molar-refractivity contribution in [2.24, 2.45) is 5.73 Å². The van der Waals surface area contributed by atoms with Crippen molar-refractivity contribution in [2.45, 2.75) is 52.4 Å². The fourth-order valence-corrected chi connectivity index (χ4v) is 3.99. The quantitative estimate of drug-likeness (QED) is 0.308. The number of carbonyl (C=O) groups excluding carboxylic acids is 1. The second-order valence-corrected chi connectivity index (χ2v) is 11.1. The third-order valence-electron chi connectivity index (χ3n) is 6.23. The average Bonchev–Trinajstić information content (AvgIpc) is 3.39. The van der Waals surface area contributed by atoms with Crippen LogP contribution in [0.2, 0.25) is 0 Å². The molecular formula is C29H29N3O3. The third-order valence-corrected chi connectivity index (χ3v) is 6.23. The molecule has 0 saturated heterocycles. The highest BCUT2D eigenvalue weighted by molar-refractivity contribution is 5.93. The average molecular weight is 468 g/mol. The lowest BCUT2D eigenvalue weighted by Crippen LogP contribution is -2.16. The zero-order valence-electron chi connectivity index (χ0n) is 20.9. The second-order valence-electron chi connectivity index (χ2n) is 11.1. The molecule has 1 amide bonds. The molecule has 0 spiro atoms. The molecule has 0 fully saturated rings. The van der Waals surface area contributed by atoms with E-state index in [9.17, 15) is 4.79 Å². The Hall–Kier alpha value is -3.93. The van der Waals surface area contributed by atoms with E-state index in [1.165, 1.54) is 11.1 Å². The van der Waals surface area contributed by atoms with Crippen molar-refractivity contribution in [1.82, 2.24) is 9.97 Å². The van der Waals surface area contributed by atoms with Crippen LogP contribution < -0.4 is 5.73 Å². The lowest BCUT2D eigenvalue weighted by molar-refractivity contribution is 0.100. The van der Waals surface area contributed by atoms with Gasteiger partial charge in [-0.3, -0.25) is 4.79 Å². The summed E-state index contributed by atoms with van der Waals surface area (Å²) in [4.78, 5) is 20.7. The predicted molar refractivity (Wildman–Crippen MR) is 138 cm³/mol. The van der Waals surface area contributed by atoms with Crippen molar-refractivity contribution in [2.75, 3.05) is 0 Å². The number of nitrogens with two attached hydrogens (primary N) is 1. The number of nitrogens with zero attached hydrogens (tertiary/aromatic N) is 2. The number of rotatable bonds is 3. The Morgan fingerprint density at radius 2 is 1.17 bits per heavy atom. The van der Waals surface area contributed by atoms with Crippen LogP contribution >= 0.6 is 0 Å². The summed E-state index contributed by atoms with van der Waals surface area (Å²) in [5.74, 6) is 0.558. The molecule has 5 rings (SSSR count). The van der Waals surface area contributed by atoms with E-state index >= 15 is 0 Å². The van der Waals surface area contributed by atoms with Crippen molar-refractivity contribution in [3.63, 3.8) is 0 Å². The van der Waals surface area contributed by atoms with Crippen LogP contribution in [0.1, 0.15) is 63.0 Å². The van der Waals surface area contributed by atoms with E-state index in [1.807, 2.05) is 12.1 Å². The van der Waals surface area contributed by atoms with Gasteiger partial charge < -0.3 is 14.6 Å². The number of benzene rings is 3. The highest BCUT2D eigenvalue weighted by Gasteiger charge is 2.23. The molecule has 0 aliphatic heterocycles. The van der Waals surface area contributed by atoms with Crippen molar-refractivity contribution in [3.05, 3.63) is 71.3 Å². The smallest absolute Gasteiger partial charge is 0.248 e. The predicted octanol–water partition coefficient (Wildman–Crippen LogP) is 7.00. The lowest BCUT2D eigenvalue weighted by atomic mass is 9.79. The molecule has 0 unspecified atom stereocenters. The van der Waals surface area contributed by atoms with Gasteiger partial charge in [0, 0.05) is 22.8 Å². The lowest BCUT2D eigenvalue weighted by Gasteiger charge is -2.25. The fraction of sp³-hybridized carbons (Fsp3) is 0.276. The molecule has 6 heteroatoms. The maximum Gasteiger partial charge on any atom is 0.248 e. The maximum absolute atomic E-state index is 11.3. The Morgan fingerprint density at radius 1 is 0.686 bits per heavy atom. The first-order valence-electron chi connectivity index (χ1n) is 11.7. The molecule has 3 aromatic carbocycles. The summed E-state index contributed by atoms with van der Waals surface area (Å²) in [6, 6.07) is 17.1.